The number of nitrogens with zero attached hydrogens (tertiary/aromatic N) is 1. The zero-order valence-electron chi connectivity index (χ0n) is 12.8. The Labute approximate surface area is 126 Å². The molecule has 1 aromatic rings. The zero-order valence-corrected chi connectivity index (χ0v) is 13.6. The molecule has 2 rings (SSSR count). The van der Waals surface area contributed by atoms with Gasteiger partial charge in [-0.05, 0) is 32.3 Å². The summed E-state index contributed by atoms with van der Waals surface area (Å²) in [5, 5.41) is 0. The van der Waals surface area contributed by atoms with E-state index in [1.807, 2.05) is 11.5 Å². The van der Waals surface area contributed by atoms with Gasteiger partial charge in [-0.1, -0.05) is 6.92 Å². The highest BCUT2D eigenvalue weighted by molar-refractivity contribution is 7.89. The van der Waals surface area contributed by atoms with Crippen LogP contribution in [0.25, 0.3) is 0 Å². The highest BCUT2D eigenvalue weighted by Crippen LogP contribution is 2.24. The summed E-state index contributed by atoms with van der Waals surface area (Å²) in [5.74, 6) is 0. The van der Waals surface area contributed by atoms with Crippen molar-refractivity contribution in [3.05, 3.63) is 18.0 Å². The van der Waals surface area contributed by atoms with Crippen molar-refractivity contribution in [2.45, 2.75) is 56.6 Å². The van der Waals surface area contributed by atoms with Crippen LogP contribution in [0.3, 0.4) is 0 Å². The van der Waals surface area contributed by atoms with Crippen LogP contribution in [0.5, 0.6) is 0 Å². The Morgan fingerprint density at radius 2 is 2.10 bits per heavy atom. The number of nitrogens with two attached hydrogens (primary N) is 1. The molecule has 0 saturated carbocycles. The van der Waals surface area contributed by atoms with Gasteiger partial charge in [-0.2, -0.15) is 0 Å². The molecule has 0 aliphatic carbocycles. The number of ether oxygens (including phenoxy) is 1. The maximum absolute atomic E-state index is 12.6. The molecule has 0 atom stereocenters. The summed E-state index contributed by atoms with van der Waals surface area (Å²) in [6.07, 6.45) is 3.98. The summed E-state index contributed by atoms with van der Waals surface area (Å²) in [6.45, 7) is 6.26. The van der Waals surface area contributed by atoms with E-state index in [-0.39, 0.29) is 0 Å². The second-order valence-electron chi connectivity index (χ2n) is 5.84. The van der Waals surface area contributed by atoms with Crippen LogP contribution < -0.4 is 10.5 Å². The van der Waals surface area contributed by atoms with Crippen LogP contribution in [-0.4, -0.2) is 31.7 Å². The van der Waals surface area contributed by atoms with Crippen LogP contribution in [-0.2, 0) is 27.8 Å². The molecular formula is C14H25N3O3S. The van der Waals surface area contributed by atoms with Gasteiger partial charge in [0.05, 0.1) is 4.90 Å². The van der Waals surface area contributed by atoms with E-state index in [1.165, 1.54) is 0 Å². The predicted molar refractivity (Wildman–Crippen MR) is 81.4 cm³/mol. The number of hydrogen-bond donors (Lipinski definition) is 2. The molecular weight excluding hydrogens is 290 g/mol. The normalized spacial score (nSPS) is 18.8. The highest BCUT2D eigenvalue weighted by Gasteiger charge is 2.33. The number of aromatic nitrogens is 1. The second kappa shape index (κ2) is 6.48. The van der Waals surface area contributed by atoms with E-state index in [1.54, 1.807) is 12.3 Å². The number of sulfonamides is 1. The number of rotatable bonds is 6. The first-order chi connectivity index (χ1) is 9.90. The van der Waals surface area contributed by atoms with E-state index in [9.17, 15) is 8.42 Å². The molecule has 3 N–H and O–H groups in total. The van der Waals surface area contributed by atoms with Gasteiger partial charge in [0, 0.05) is 43.7 Å². The molecule has 0 aromatic carbocycles. The van der Waals surface area contributed by atoms with Crippen molar-refractivity contribution in [2.75, 3.05) is 13.2 Å². The Kier molecular flexibility index (Phi) is 5.08. The van der Waals surface area contributed by atoms with Gasteiger partial charge < -0.3 is 15.0 Å². The van der Waals surface area contributed by atoms with E-state index in [0.717, 1.165) is 18.7 Å². The molecule has 1 saturated heterocycles. The topological polar surface area (TPSA) is 86.3 Å². The lowest BCUT2D eigenvalue weighted by Crippen LogP contribution is -2.49. The van der Waals surface area contributed by atoms with E-state index < -0.39 is 15.6 Å². The lowest BCUT2D eigenvalue weighted by molar-refractivity contribution is 0.0537. The predicted octanol–water partition coefficient (Wildman–Crippen LogP) is 1.20. The summed E-state index contributed by atoms with van der Waals surface area (Å²) < 4.78 is 35.2. The molecule has 0 radical (unpaired) electrons. The van der Waals surface area contributed by atoms with Crippen molar-refractivity contribution >= 4 is 10.0 Å². The third kappa shape index (κ3) is 3.85. The molecule has 1 aromatic heterocycles. The number of nitrogens with one attached hydrogen (secondary N) is 1. The Morgan fingerprint density at radius 3 is 2.67 bits per heavy atom. The first kappa shape index (κ1) is 16.5. The van der Waals surface area contributed by atoms with E-state index in [0.29, 0.717) is 37.5 Å². The van der Waals surface area contributed by atoms with Crippen LogP contribution in [0, 0.1) is 0 Å². The van der Waals surface area contributed by atoms with Gasteiger partial charge >= 0.3 is 0 Å². The molecule has 0 amide bonds. The Hall–Kier alpha value is -0.890. The first-order valence-electron chi connectivity index (χ1n) is 7.41. The van der Waals surface area contributed by atoms with Crippen LogP contribution in [0.15, 0.2) is 17.2 Å². The van der Waals surface area contributed by atoms with Crippen molar-refractivity contribution < 1.29 is 13.2 Å². The Bertz CT molecular complexity index is 574. The molecule has 6 nitrogen and oxygen atoms in total. The third-order valence-corrected chi connectivity index (χ3v) is 5.53. The SMILES string of the molecule is CCCn1cc(S(=O)(=O)NC2(C)CCOCC2)cc1CN. The second-order valence-corrected chi connectivity index (χ2v) is 7.53. The lowest BCUT2D eigenvalue weighted by atomic mass is 9.94. The molecule has 0 spiro atoms. The van der Waals surface area contributed by atoms with Gasteiger partial charge in [-0.3, -0.25) is 0 Å². The fourth-order valence-electron chi connectivity index (χ4n) is 2.60. The molecule has 1 fully saturated rings. The van der Waals surface area contributed by atoms with Crippen LogP contribution in [0.4, 0.5) is 0 Å². The zero-order chi connectivity index (χ0) is 15.5. The highest BCUT2D eigenvalue weighted by atomic mass is 32.2. The molecule has 21 heavy (non-hydrogen) atoms. The molecule has 7 heteroatoms. The summed E-state index contributed by atoms with van der Waals surface area (Å²) in [5.41, 5.74) is 6.10. The van der Waals surface area contributed by atoms with Crippen molar-refractivity contribution in [3.63, 3.8) is 0 Å². The minimum absolute atomic E-state index is 0.295. The average molecular weight is 315 g/mol. The van der Waals surface area contributed by atoms with Gasteiger partial charge in [0.1, 0.15) is 0 Å². The summed E-state index contributed by atoms with van der Waals surface area (Å²) >= 11 is 0. The summed E-state index contributed by atoms with van der Waals surface area (Å²) in [6, 6.07) is 1.67. The monoisotopic (exact) mass is 315 g/mol. The van der Waals surface area contributed by atoms with E-state index in [2.05, 4.69) is 11.6 Å². The molecule has 1 aliphatic heterocycles. The standard InChI is InChI=1S/C14H25N3O3S/c1-3-6-17-11-13(9-12(17)10-15)21(18,19)16-14(2)4-7-20-8-5-14/h9,11,16H,3-8,10,15H2,1-2H3. The third-order valence-electron chi connectivity index (χ3n) is 3.92. The largest absolute Gasteiger partial charge is 0.381 e. The number of aryl methyl sites for hydroxylation is 1. The Balaban J connectivity index is 2.22. The summed E-state index contributed by atoms with van der Waals surface area (Å²) in [7, 11) is -3.53. The first-order valence-corrected chi connectivity index (χ1v) is 8.89. The van der Waals surface area contributed by atoms with Gasteiger partial charge in [-0.25, -0.2) is 13.1 Å². The minimum atomic E-state index is -3.53. The van der Waals surface area contributed by atoms with Crippen molar-refractivity contribution in [1.82, 2.24) is 9.29 Å². The fraction of sp³-hybridized carbons (Fsp3) is 0.714. The van der Waals surface area contributed by atoms with Gasteiger partial charge in [0.15, 0.2) is 0 Å². The van der Waals surface area contributed by atoms with Gasteiger partial charge in [-0.15, -0.1) is 0 Å². The molecule has 2 heterocycles. The van der Waals surface area contributed by atoms with Crippen molar-refractivity contribution in [2.24, 2.45) is 5.73 Å². The van der Waals surface area contributed by atoms with Crippen molar-refractivity contribution in [3.8, 4) is 0 Å². The van der Waals surface area contributed by atoms with Gasteiger partial charge in [0.2, 0.25) is 10.0 Å². The molecule has 0 bridgehead atoms. The van der Waals surface area contributed by atoms with E-state index in [4.69, 9.17) is 10.5 Å². The van der Waals surface area contributed by atoms with E-state index >= 15 is 0 Å². The fourth-order valence-corrected chi connectivity index (χ4v) is 4.13. The minimum Gasteiger partial charge on any atom is -0.381 e. The Morgan fingerprint density at radius 1 is 1.43 bits per heavy atom. The lowest BCUT2D eigenvalue weighted by Gasteiger charge is -2.33. The van der Waals surface area contributed by atoms with Crippen LogP contribution >= 0.6 is 0 Å². The summed E-state index contributed by atoms with van der Waals surface area (Å²) in [4.78, 5) is 0.295. The maximum atomic E-state index is 12.6. The van der Waals surface area contributed by atoms with Crippen LogP contribution in [0.1, 0.15) is 38.8 Å². The van der Waals surface area contributed by atoms with Crippen LogP contribution in [0.2, 0.25) is 0 Å². The quantitative estimate of drug-likeness (QED) is 0.826. The van der Waals surface area contributed by atoms with Gasteiger partial charge in [0.25, 0.3) is 0 Å². The maximum Gasteiger partial charge on any atom is 0.242 e. The molecule has 1 aliphatic rings. The molecule has 120 valence electrons. The smallest absolute Gasteiger partial charge is 0.242 e. The average Bonchev–Trinajstić information content (AvgIpc) is 2.83. The molecule has 0 unspecified atom stereocenters. The van der Waals surface area contributed by atoms with Crippen molar-refractivity contribution in [1.29, 1.82) is 0 Å². The number of hydrogen-bond acceptors (Lipinski definition) is 4.